The minimum atomic E-state index is -0.713. The van der Waals surface area contributed by atoms with E-state index in [0.717, 1.165) is 27.7 Å². The molecule has 0 bridgehead atoms. The summed E-state index contributed by atoms with van der Waals surface area (Å²) < 4.78 is 5.52. The summed E-state index contributed by atoms with van der Waals surface area (Å²) in [5.41, 5.74) is 3.77. The second-order valence-corrected chi connectivity index (χ2v) is 7.18. The number of aromatic nitrogens is 1. The highest BCUT2D eigenvalue weighted by molar-refractivity contribution is 5.92. The van der Waals surface area contributed by atoms with Crippen molar-refractivity contribution < 1.29 is 14.3 Å². The number of benzene rings is 2. The van der Waals surface area contributed by atoms with E-state index in [1.54, 1.807) is 14.1 Å². The van der Waals surface area contributed by atoms with Crippen molar-refractivity contribution in [1.29, 1.82) is 0 Å². The number of nitrogens with one attached hydrogen (secondary N) is 1. The van der Waals surface area contributed by atoms with E-state index >= 15 is 0 Å². The molecule has 1 N–H and O–H groups in total. The van der Waals surface area contributed by atoms with Crippen LogP contribution in [0.5, 0.6) is 0 Å². The van der Waals surface area contributed by atoms with Crippen molar-refractivity contribution in [3.05, 3.63) is 71.4 Å². The average Bonchev–Trinajstić information content (AvgIpc) is 3.10. The molecule has 1 aliphatic rings. The number of rotatable bonds is 3. The number of aromatic amines is 1. The van der Waals surface area contributed by atoms with Crippen molar-refractivity contribution in [2.75, 3.05) is 20.6 Å². The first-order valence-electron chi connectivity index (χ1n) is 9.34. The molecule has 3 aromatic rings. The lowest BCUT2D eigenvalue weighted by molar-refractivity contribution is -0.134. The van der Waals surface area contributed by atoms with Gasteiger partial charge in [-0.1, -0.05) is 48.5 Å². The Morgan fingerprint density at radius 1 is 1.11 bits per heavy atom. The zero-order valence-electron chi connectivity index (χ0n) is 16.0. The molecule has 2 amide bonds. The first kappa shape index (κ1) is 18.1. The third-order valence-corrected chi connectivity index (χ3v) is 5.15. The summed E-state index contributed by atoms with van der Waals surface area (Å²) in [6.07, 6.45) is 0.199. The molecule has 2 heterocycles. The molecule has 28 heavy (non-hydrogen) atoms. The van der Waals surface area contributed by atoms with Crippen LogP contribution in [0.15, 0.2) is 54.6 Å². The van der Waals surface area contributed by atoms with Crippen LogP contribution < -0.4 is 0 Å². The second kappa shape index (κ2) is 7.38. The number of H-pyrrole nitrogens is 1. The van der Waals surface area contributed by atoms with Gasteiger partial charge in [-0.2, -0.15) is 0 Å². The molecule has 1 atom stereocenters. The fourth-order valence-electron chi connectivity index (χ4n) is 3.74. The van der Waals surface area contributed by atoms with Crippen molar-refractivity contribution in [2.24, 2.45) is 0 Å². The topological polar surface area (TPSA) is 65.6 Å². The number of nitrogens with zero attached hydrogens (tertiary/aromatic N) is 2. The number of ether oxygens (including phenoxy) is 1. The normalized spacial score (nSPS) is 15.9. The van der Waals surface area contributed by atoms with E-state index < -0.39 is 12.1 Å². The van der Waals surface area contributed by atoms with E-state index in [4.69, 9.17) is 4.74 Å². The Kier molecular flexibility index (Phi) is 4.77. The third-order valence-electron chi connectivity index (χ3n) is 5.15. The van der Waals surface area contributed by atoms with Gasteiger partial charge in [0.15, 0.2) is 6.04 Å². The molecule has 1 aliphatic heterocycles. The zero-order valence-corrected chi connectivity index (χ0v) is 16.0. The smallest absolute Gasteiger partial charge is 0.411 e. The van der Waals surface area contributed by atoms with Gasteiger partial charge < -0.3 is 14.6 Å². The summed E-state index contributed by atoms with van der Waals surface area (Å²) >= 11 is 0. The van der Waals surface area contributed by atoms with Gasteiger partial charge in [0.2, 0.25) is 0 Å². The molecule has 144 valence electrons. The maximum absolute atomic E-state index is 13.0. The van der Waals surface area contributed by atoms with Gasteiger partial charge in [0, 0.05) is 31.5 Å². The molecule has 6 heteroatoms. The highest BCUT2D eigenvalue weighted by Gasteiger charge is 2.39. The highest BCUT2D eigenvalue weighted by atomic mass is 16.6. The monoisotopic (exact) mass is 377 g/mol. The molecule has 1 unspecified atom stereocenters. The molecule has 1 aromatic heterocycles. The first-order valence-corrected chi connectivity index (χ1v) is 9.34. The Bertz CT molecular complexity index is 1010. The Morgan fingerprint density at radius 2 is 1.82 bits per heavy atom. The summed E-state index contributed by atoms with van der Waals surface area (Å²) in [5.74, 6) is -0.149. The predicted molar refractivity (Wildman–Crippen MR) is 107 cm³/mol. The summed E-state index contributed by atoms with van der Waals surface area (Å²) in [4.78, 5) is 32.2. The van der Waals surface area contributed by atoms with Crippen molar-refractivity contribution >= 4 is 22.9 Å². The zero-order chi connectivity index (χ0) is 19.7. The number of fused-ring (bicyclic) bond motifs is 3. The molecule has 0 fully saturated rings. The molecule has 0 aliphatic carbocycles. The first-order chi connectivity index (χ1) is 13.6. The fraction of sp³-hybridized carbons (Fsp3) is 0.273. The fourth-order valence-corrected chi connectivity index (χ4v) is 3.74. The number of carbonyl (C=O) groups is 2. The standard InChI is InChI=1S/C22H23N3O3/c1-24(2)21(26)20-19-17(16-10-6-7-11-18(16)23-19)12-13-25(20)22(27)28-14-15-8-4-3-5-9-15/h3-11,20,23H,12-14H2,1-2H3. The van der Waals surface area contributed by atoms with Crippen molar-refractivity contribution in [1.82, 2.24) is 14.8 Å². The van der Waals surface area contributed by atoms with Gasteiger partial charge in [-0.05, 0) is 23.6 Å². The van der Waals surface area contributed by atoms with Gasteiger partial charge >= 0.3 is 6.09 Å². The number of carbonyl (C=O) groups excluding carboxylic acids is 2. The number of hydrogen-bond donors (Lipinski definition) is 1. The van der Waals surface area contributed by atoms with Crippen LogP contribution in [-0.2, 0) is 22.6 Å². The molecule has 6 nitrogen and oxygen atoms in total. The van der Waals surface area contributed by atoms with Crippen LogP contribution in [0.2, 0.25) is 0 Å². The van der Waals surface area contributed by atoms with Crippen molar-refractivity contribution in [2.45, 2.75) is 19.1 Å². The Labute approximate surface area is 163 Å². The highest BCUT2D eigenvalue weighted by Crippen LogP contribution is 2.35. The number of hydrogen-bond acceptors (Lipinski definition) is 3. The van der Waals surface area contributed by atoms with Crippen LogP contribution in [0.1, 0.15) is 22.9 Å². The van der Waals surface area contributed by atoms with Gasteiger partial charge in [-0.3, -0.25) is 9.69 Å². The van der Waals surface area contributed by atoms with Crippen LogP contribution in [0, 0.1) is 0 Å². The van der Waals surface area contributed by atoms with Gasteiger partial charge in [0.1, 0.15) is 6.61 Å². The molecule has 0 spiro atoms. The molecule has 0 saturated carbocycles. The maximum atomic E-state index is 13.0. The summed E-state index contributed by atoms with van der Waals surface area (Å²) in [6, 6.07) is 16.8. The summed E-state index contributed by atoms with van der Waals surface area (Å²) in [5, 5.41) is 1.10. The molecule has 0 radical (unpaired) electrons. The molecular formula is C22H23N3O3. The van der Waals surface area contributed by atoms with E-state index in [1.165, 1.54) is 9.80 Å². The van der Waals surface area contributed by atoms with Crippen LogP contribution in [0.4, 0.5) is 4.79 Å². The molecule has 0 saturated heterocycles. The largest absolute Gasteiger partial charge is 0.445 e. The van der Waals surface area contributed by atoms with E-state index in [-0.39, 0.29) is 12.5 Å². The van der Waals surface area contributed by atoms with Gasteiger partial charge in [0.05, 0.1) is 5.69 Å². The molecule has 2 aromatic carbocycles. The number of amides is 2. The lowest BCUT2D eigenvalue weighted by Crippen LogP contribution is -2.47. The SMILES string of the molecule is CN(C)C(=O)C1c2[nH]c3ccccc3c2CCN1C(=O)OCc1ccccc1. The lowest BCUT2D eigenvalue weighted by atomic mass is 9.97. The summed E-state index contributed by atoms with van der Waals surface area (Å²) in [7, 11) is 3.40. The average molecular weight is 377 g/mol. The van der Waals surface area contributed by atoms with E-state index in [2.05, 4.69) is 4.98 Å². The van der Waals surface area contributed by atoms with E-state index in [0.29, 0.717) is 13.0 Å². The number of para-hydroxylation sites is 1. The van der Waals surface area contributed by atoms with Crippen molar-refractivity contribution in [3.63, 3.8) is 0 Å². The lowest BCUT2D eigenvalue weighted by Gasteiger charge is -2.35. The molecular weight excluding hydrogens is 354 g/mol. The predicted octanol–water partition coefficient (Wildman–Crippen LogP) is 3.49. The number of likely N-dealkylation sites (N-methyl/N-ethyl adjacent to an activating group) is 1. The van der Waals surface area contributed by atoms with Crippen molar-refractivity contribution in [3.8, 4) is 0 Å². The Morgan fingerprint density at radius 3 is 2.57 bits per heavy atom. The summed E-state index contributed by atoms with van der Waals surface area (Å²) in [6.45, 7) is 0.616. The van der Waals surface area contributed by atoms with Crippen LogP contribution in [0.3, 0.4) is 0 Å². The third kappa shape index (κ3) is 3.22. The minimum Gasteiger partial charge on any atom is -0.445 e. The van der Waals surface area contributed by atoms with E-state index in [9.17, 15) is 9.59 Å². The quantitative estimate of drug-likeness (QED) is 0.760. The van der Waals surface area contributed by atoms with Gasteiger partial charge in [-0.15, -0.1) is 0 Å². The van der Waals surface area contributed by atoms with Crippen LogP contribution >= 0.6 is 0 Å². The van der Waals surface area contributed by atoms with Crippen LogP contribution in [-0.4, -0.2) is 47.4 Å². The minimum absolute atomic E-state index is 0.149. The Balaban J connectivity index is 1.65. The van der Waals surface area contributed by atoms with Gasteiger partial charge in [-0.25, -0.2) is 4.79 Å². The second-order valence-electron chi connectivity index (χ2n) is 7.18. The molecule has 4 rings (SSSR count). The maximum Gasteiger partial charge on any atom is 0.411 e. The van der Waals surface area contributed by atoms with Gasteiger partial charge in [0.25, 0.3) is 5.91 Å². The van der Waals surface area contributed by atoms with E-state index in [1.807, 2.05) is 54.6 Å². The Hall–Kier alpha value is -3.28. The van der Waals surface area contributed by atoms with Crippen LogP contribution in [0.25, 0.3) is 10.9 Å².